The third kappa shape index (κ3) is 3.38. The van der Waals surface area contributed by atoms with E-state index in [1.54, 1.807) is 12.3 Å². The highest BCUT2D eigenvalue weighted by molar-refractivity contribution is 5.95. The fourth-order valence-electron chi connectivity index (χ4n) is 2.70. The van der Waals surface area contributed by atoms with Crippen molar-refractivity contribution in [1.29, 1.82) is 0 Å². The van der Waals surface area contributed by atoms with Gasteiger partial charge in [-0.3, -0.25) is 4.79 Å². The van der Waals surface area contributed by atoms with Gasteiger partial charge in [0.2, 0.25) is 0 Å². The molecule has 1 fully saturated rings. The molecule has 106 valence electrons. The summed E-state index contributed by atoms with van der Waals surface area (Å²) in [6.07, 6.45) is 5.74. The minimum Gasteiger partial charge on any atom is -0.469 e. The van der Waals surface area contributed by atoms with Crippen molar-refractivity contribution in [3.63, 3.8) is 0 Å². The molecule has 2 rings (SSSR count). The summed E-state index contributed by atoms with van der Waals surface area (Å²) in [7, 11) is 0. The molecule has 1 unspecified atom stereocenters. The van der Waals surface area contributed by atoms with E-state index in [2.05, 4.69) is 12.2 Å². The molecule has 1 atom stereocenters. The van der Waals surface area contributed by atoms with Gasteiger partial charge in [0.25, 0.3) is 5.91 Å². The van der Waals surface area contributed by atoms with Crippen LogP contribution in [-0.4, -0.2) is 36.5 Å². The van der Waals surface area contributed by atoms with Crippen LogP contribution in [0.15, 0.2) is 16.7 Å². The van der Waals surface area contributed by atoms with Crippen LogP contribution < -0.4 is 5.32 Å². The second-order valence-electron chi connectivity index (χ2n) is 5.16. The van der Waals surface area contributed by atoms with E-state index < -0.39 is 0 Å². The first kappa shape index (κ1) is 14.1. The second-order valence-corrected chi connectivity index (χ2v) is 5.16. The van der Waals surface area contributed by atoms with E-state index in [0.29, 0.717) is 6.04 Å². The number of nitrogens with zero attached hydrogens (tertiary/aromatic N) is 1. The first-order chi connectivity index (χ1) is 9.26. The molecule has 0 bridgehead atoms. The predicted molar refractivity (Wildman–Crippen MR) is 75.3 cm³/mol. The number of rotatable bonds is 6. The minimum absolute atomic E-state index is 0.112. The fraction of sp³-hybridized carbons (Fsp3) is 0.667. The number of amides is 1. The van der Waals surface area contributed by atoms with Crippen LogP contribution in [0, 0.1) is 0 Å². The fourth-order valence-corrected chi connectivity index (χ4v) is 2.70. The van der Waals surface area contributed by atoms with E-state index in [4.69, 9.17) is 4.42 Å². The third-order valence-electron chi connectivity index (χ3n) is 3.68. The summed E-state index contributed by atoms with van der Waals surface area (Å²) >= 11 is 0. The van der Waals surface area contributed by atoms with Gasteiger partial charge in [-0.1, -0.05) is 13.8 Å². The van der Waals surface area contributed by atoms with Crippen LogP contribution in [0.4, 0.5) is 0 Å². The van der Waals surface area contributed by atoms with Gasteiger partial charge in [0.15, 0.2) is 0 Å². The summed E-state index contributed by atoms with van der Waals surface area (Å²) in [6.45, 7) is 6.81. The Morgan fingerprint density at radius 2 is 2.37 bits per heavy atom. The molecule has 0 aromatic carbocycles. The highest BCUT2D eigenvalue weighted by Gasteiger charge is 2.24. The lowest BCUT2D eigenvalue weighted by Crippen LogP contribution is -2.41. The highest BCUT2D eigenvalue weighted by atomic mass is 16.3. The summed E-state index contributed by atoms with van der Waals surface area (Å²) in [5, 5.41) is 3.46. The molecule has 1 N–H and O–H groups in total. The van der Waals surface area contributed by atoms with Crippen LogP contribution >= 0.6 is 0 Å². The van der Waals surface area contributed by atoms with Crippen molar-refractivity contribution in [3.05, 3.63) is 23.7 Å². The topological polar surface area (TPSA) is 45.5 Å². The minimum atomic E-state index is 0.112. The van der Waals surface area contributed by atoms with Gasteiger partial charge in [-0.15, -0.1) is 0 Å². The van der Waals surface area contributed by atoms with Crippen molar-refractivity contribution in [2.75, 3.05) is 19.6 Å². The molecule has 4 heteroatoms. The van der Waals surface area contributed by atoms with Crippen LogP contribution in [0.5, 0.6) is 0 Å². The van der Waals surface area contributed by atoms with Crippen molar-refractivity contribution in [2.24, 2.45) is 0 Å². The van der Waals surface area contributed by atoms with Gasteiger partial charge in [-0.25, -0.2) is 0 Å². The van der Waals surface area contributed by atoms with Crippen LogP contribution in [0.3, 0.4) is 0 Å². The number of furan rings is 1. The molecule has 1 aliphatic heterocycles. The average Bonchev–Trinajstić information content (AvgIpc) is 3.08. The zero-order valence-corrected chi connectivity index (χ0v) is 11.9. The molecule has 0 radical (unpaired) electrons. The molecule has 1 aromatic heterocycles. The zero-order valence-electron chi connectivity index (χ0n) is 11.9. The van der Waals surface area contributed by atoms with Crippen molar-refractivity contribution >= 4 is 5.91 Å². The van der Waals surface area contributed by atoms with Crippen LogP contribution in [0.1, 0.15) is 49.2 Å². The van der Waals surface area contributed by atoms with Crippen molar-refractivity contribution in [2.45, 2.75) is 45.6 Å². The van der Waals surface area contributed by atoms with E-state index >= 15 is 0 Å². The lowest BCUT2D eigenvalue weighted by atomic mass is 10.1. The van der Waals surface area contributed by atoms with E-state index in [1.165, 1.54) is 12.8 Å². The molecule has 1 aromatic rings. The monoisotopic (exact) mass is 264 g/mol. The molecule has 1 saturated heterocycles. The molecule has 0 spiro atoms. The van der Waals surface area contributed by atoms with Gasteiger partial charge in [-0.2, -0.15) is 0 Å². The number of hydrogen-bond donors (Lipinski definition) is 1. The van der Waals surface area contributed by atoms with E-state index in [9.17, 15) is 4.79 Å². The maximum atomic E-state index is 12.6. The lowest BCUT2D eigenvalue weighted by molar-refractivity contribution is 0.0739. The lowest BCUT2D eigenvalue weighted by Gasteiger charge is -2.25. The summed E-state index contributed by atoms with van der Waals surface area (Å²) in [5.41, 5.74) is 0.731. The summed E-state index contributed by atoms with van der Waals surface area (Å²) in [5.74, 6) is 0.909. The van der Waals surface area contributed by atoms with Gasteiger partial charge in [0, 0.05) is 25.6 Å². The number of hydrogen-bond acceptors (Lipinski definition) is 3. The summed E-state index contributed by atoms with van der Waals surface area (Å²) < 4.78 is 5.37. The maximum Gasteiger partial charge on any atom is 0.257 e. The Bertz CT molecular complexity index is 408. The largest absolute Gasteiger partial charge is 0.469 e. The normalized spacial score (nSPS) is 18.7. The number of aryl methyl sites for hydroxylation is 1. The summed E-state index contributed by atoms with van der Waals surface area (Å²) in [4.78, 5) is 14.6. The Morgan fingerprint density at radius 1 is 1.53 bits per heavy atom. The Balaban J connectivity index is 2.06. The third-order valence-corrected chi connectivity index (χ3v) is 3.68. The standard InChI is InChI=1S/C15H24N2O2/c1-3-9-17(11-12-6-5-8-16-12)15(18)13-7-10-19-14(13)4-2/h7,10,12,16H,3-6,8-9,11H2,1-2H3. The van der Waals surface area contributed by atoms with Gasteiger partial charge in [0.1, 0.15) is 5.76 Å². The Morgan fingerprint density at radius 3 is 3.00 bits per heavy atom. The first-order valence-corrected chi connectivity index (χ1v) is 7.35. The molecule has 2 heterocycles. The van der Waals surface area contributed by atoms with Gasteiger partial charge in [-0.05, 0) is 31.9 Å². The Kier molecular flexibility index (Phi) is 5.02. The molecule has 4 nitrogen and oxygen atoms in total. The first-order valence-electron chi connectivity index (χ1n) is 7.35. The summed E-state index contributed by atoms with van der Waals surface area (Å²) in [6, 6.07) is 2.25. The molecule has 1 amide bonds. The molecule has 0 saturated carbocycles. The Labute approximate surface area is 115 Å². The van der Waals surface area contributed by atoms with Crippen molar-refractivity contribution < 1.29 is 9.21 Å². The van der Waals surface area contributed by atoms with Crippen molar-refractivity contribution in [1.82, 2.24) is 10.2 Å². The van der Waals surface area contributed by atoms with Gasteiger partial charge >= 0.3 is 0 Å². The molecular weight excluding hydrogens is 240 g/mol. The van der Waals surface area contributed by atoms with E-state index in [0.717, 1.165) is 43.8 Å². The Hall–Kier alpha value is -1.29. The van der Waals surface area contributed by atoms with Crippen LogP contribution in [0.2, 0.25) is 0 Å². The SMILES string of the molecule is CCCN(CC1CCCN1)C(=O)c1ccoc1CC. The van der Waals surface area contributed by atoms with Crippen LogP contribution in [0.25, 0.3) is 0 Å². The molecule has 19 heavy (non-hydrogen) atoms. The zero-order chi connectivity index (χ0) is 13.7. The van der Waals surface area contributed by atoms with Gasteiger partial charge < -0.3 is 14.6 Å². The predicted octanol–water partition coefficient (Wildman–Crippen LogP) is 2.45. The van der Waals surface area contributed by atoms with E-state index in [1.807, 2.05) is 11.8 Å². The smallest absolute Gasteiger partial charge is 0.257 e. The molecule has 0 aliphatic carbocycles. The molecule has 1 aliphatic rings. The number of nitrogens with one attached hydrogen (secondary N) is 1. The average molecular weight is 264 g/mol. The van der Waals surface area contributed by atoms with Crippen LogP contribution in [-0.2, 0) is 6.42 Å². The van der Waals surface area contributed by atoms with E-state index in [-0.39, 0.29) is 5.91 Å². The quantitative estimate of drug-likeness (QED) is 0.858. The highest BCUT2D eigenvalue weighted by Crippen LogP contribution is 2.16. The van der Waals surface area contributed by atoms with Gasteiger partial charge in [0.05, 0.1) is 11.8 Å². The number of carbonyl (C=O) groups is 1. The second kappa shape index (κ2) is 6.75. The number of carbonyl (C=O) groups excluding carboxylic acids is 1. The van der Waals surface area contributed by atoms with Crippen molar-refractivity contribution in [3.8, 4) is 0 Å². The molecular formula is C15H24N2O2. The maximum absolute atomic E-state index is 12.6.